The van der Waals surface area contributed by atoms with Crippen molar-refractivity contribution in [2.75, 3.05) is 32.0 Å². The van der Waals surface area contributed by atoms with E-state index < -0.39 is 5.92 Å². The van der Waals surface area contributed by atoms with Gasteiger partial charge in [-0.2, -0.15) is 5.10 Å². The fourth-order valence-electron chi connectivity index (χ4n) is 5.07. The van der Waals surface area contributed by atoms with Gasteiger partial charge in [-0.1, -0.05) is 55.1 Å². The number of piperidine rings is 1. The summed E-state index contributed by atoms with van der Waals surface area (Å²) in [7, 11) is 2.22. The predicted octanol–water partition coefficient (Wildman–Crippen LogP) is 8.44. The Bertz CT molecular complexity index is 1300. The first-order valence-corrected chi connectivity index (χ1v) is 14.3. The Balaban J connectivity index is 0.000000324. The SMILES string of the molecule is C=C.C=C.C=Cc1cccc(C(C)(F)F)c1.Cc1ccccc1C1C=C(NCC2CCCN(C)C2)n2ncc(C)c2N1. The minimum atomic E-state index is -2.76. The number of benzene rings is 2. The number of alkyl halides is 2. The molecule has 2 aliphatic heterocycles. The summed E-state index contributed by atoms with van der Waals surface area (Å²) in [5.41, 5.74) is 4.54. The third-order valence-corrected chi connectivity index (χ3v) is 7.24. The molecule has 2 N–H and O–H groups in total. The zero-order chi connectivity index (χ0) is 31.3. The first-order chi connectivity index (χ1) is 20.2. The van der Waals surface area contributed by atoms with Crippen LogP contribution in [0.1, 0.15) is 53.6 Å². The molecule has 3 heterocycles. The van der Waals surface area contributed by atoms with Crippen LogP contribution in [0.2, 0.25) is 0 Å². The van der Waals surface area contributed by atoms with Gasteiger partial charge in [-0.05, 0) is 75.0 Å². The van der Waals surface area contributed by atoms with Gasteiger partial charge in [0.15, 0.2) is 0 Å². The lowest BCUT2D eigenvalue weighted by atomic mass is 9.98. The molecule has 1 aromatic heterocycles. The van der Waals surface area contributed by atoms with Crippen molar-refractivity contribution in [1.82, 2.24) is 20.0 Å². The van der Waals surface area contributed by atoms with Gasteiger partial charge in [-0.15, -0.1) is 26.3 Å². The molecule has 42 heavy (non-hydrogen) atoms. The van der Waals surface area contributed by atoms with Gasteiger partial charge in [-0.25, -0.2) is 13.5 Å². The lowest BCUT2D eigenvalue weighted by Crippen LogP contribution is -2.38. The van der Waals surface area contributed by atoms with E-state index in [2.05, 4.69) is 105 Å². The molecular formula is C35H47F2N5. The number of nitrogens with zero attached hydrogens (tertiary/aromatic N) is 3. The predicted molar refractivity (Wildman–Crippen MR) is 176 cm³/mol. The number of nitrogens with one attached hydrogen (secondary N) is 2. The highest BCUT2D eigenvalue weighted by atomic mass is 19.3. The number of fused-ring (bicyclic) bond motifs is 1. The molecule has 2 aliphatic rings. The molecular weight excluding hydrogens is 528 g/mol. The summed E-state index contributed by atoms with van der Waals surface area (Å²) in [5.74, 6) is 0.109. The van der Waals surface area contributed by atoms with Crippen LogP contribution in [0.25, 0.3) is 11.9 Å². The van der Waals surface area contributed by atoms with Gasteiger partial charge in [0.25, 0.3) is 5.92 Å². The third-order valence-electron chi connectivity index (χ3n) is 7.24. The van der Waals surface area contributed by atoms with Gasteiger partial charge in [0.1, 0.15) is 11.6 Å². The molecule has 0 radical (unpaired) electrons. The number of rotatable bonds is 6. The Morgan fingerprint density at radius 1 is 1.07 bits per heavy atom. The first kappa shape index (κ1) is 34.2. The number of hydrogen-bond acceptors (Lipinski definition) is 4. The molecule has 2 unspecified atom stereocenters. The number of anilines is 1. The Kier molecular flexibility index (Phi) is 13.4. The van der Waals surface area contributed by atoms with Gasteiger partial charge in [-0.3, -0.25) is 0 Å². The van der Waals surface area contributed by atoms with E-state index in [0.717, 1.165) is 25.1 Å². The van der Waals surface area contributed by atoms with Crippen molar-refractivity contribution < 1.29 is 8.78 Å². The maximum atomic E-state index is 12.7. The largest absolute Gasteiger partial charge is 0.370 e. The third kappa shape index (κ3) is 9.28. The second kappa shape index (κ2) is 16.5. The fourth-order valence-corrected chi connectivity index (χ4v) is 5.07. The minimum Gasteiger partial charge on any atom is -0.370 e. The Hall–Kier alpha value is -3.97. The van der Waals surface area contributed by atoms with E-state index in [4.69, 9.17) is 0 Å². The van der Waals surface area contributed by atoms with Gasteiger partial charge < -0.3 is 15.5 Å². The van der Waals surface area contributed by atoms with Gasteiger partial charge >= 0.3 is 0 Å². The van der Waals surface area contributed by atoms with E-state index in [0.29, 0.717) is 11.5 Å². The molecule has 5 nitrogen and oxygen atoms in total. The topological polar surface area (TPSA) is 45.1 Å². The molecule has 2 aromatic carbocycles. The van der Waals surface area contributed by atoms with Gasteiger partial charge in [0, 0.05) is 31.1 Å². The van der Waals surface area contributed by atoms with Crippen LogP contribution in [-0.4, -0.2) is 41.4 Å². The van der Waals surface area contributed by atoms with Crippen LogP contribution in [0, 0.1) is 19.8 Å². The summed E-state index contributed by atoms with van der Waals surface area (Å²) in [6.07, 6.45) is 8.35. The second-order valence-corrected chi connectivity index (χ2v) is 10.5. The van der Waals surface area contributed by atoms with Crippen LogP contribution >= 0.6 is 0 Å². The normalized spacial score (nSPS) is 17.7. The van der Waals surface area contributed by atoms with Crippen LogP contribution in [0.4, 0.5) is 14.6 Å². The standard InChI is InChI=1S/C21H29N5.C10H10F2.2C2H4/c1-15-7-4-5-9-18(15)19-11-20(26-21(24-19)16(2)12-23-26)22-13-17-8-6-10-25(3)14-17;1-3-8-5-4-6-9(7-8)10(2,11)12;2*1-2/h4-5,7,9,11-12,17,19,22,24H,6,8,10,13-14H2,1-3H3;3-7H,1H2,2H3;2*1-2H2. The number of aryl methyl sites for hydroxylation is 2. The summed E-state index contributed by atoms with van der Waals surface area (Å²) in [5, 5.41) is 11.9. The van der Waals surface area contributed by atoms with Crippen LogP contribution in [0.5, 0.6) is 0 Å². The van der Waals surface area contributed by atoms with Crippen molar-refractivity contribution in [3.05, 3.63) is 122 Å². The van der Waals surface area contributed by atoms with Crippen LogP contribution < -0.4 is 10.6 Å². The van der Waals surface area contributed by atoms with Crippen molar-refractivity contribution >= 4 is 17.7 Å². The number of hydrogen-bond donors (Lipinski definition) is 2. The highest BCUT2D eigenvalue weighted by Crippen LogP contribution is 2.32. The number of halogens is 2. The quantitative estimate of drug-likeness (QED) is 0.290. The highest BCUT2D eigenvalue weighted by Gasteiger charge is 2.25. The maximum Gasteiger partial charge on any atom is 0.270 e. The zero-order valence-corrected chi connectivity index (χ0v) is 25.7. The Morgan fingerprint density at radius 3 is 2.43 bits per heavy atom. The molecule has 1 saturated heterocycles. The van der Waals surface area contributed by atoms with E-state index in [-0.39, 0.29) is 11.6 Å². The molecule has 0 spiro atoms. The van der Waals surface area contributed by atoms with E-state index in [1.807, 2.05) is 10.9 Å². The minimum absolute atomic E-state index is 0.0277. The molecule has 1 fully saturated rings. The van der Waals surface area contributed by atoms with Crippen molar-refractivity contribution in [3.8, 4) is 0 Å². The maximum absolute atomic E-state index is 12.7. The van der Waals surface area contributed by atoms with Crippen LogP contribution in [0.15, 0.2) is 93.7 Å². The van der Waals surface area contributed by atoms with E-state index in [1.54, 1.807) is 18.2 Å². The van der Waals surface area contributed by atoms with Gasteiger partial charge in [0.05, 0.1) is 12.2 Å². The average Bonchev–Trinajstić information content (AvgIpc) is 3.38. The summed E-state index contributed by atoms with van der Waals surface area (Å²) in [4.78, 5) is 2.44. The van der Waals surface area contributed by atoms with Crippen LogP contribution in [0.3, 0.4) is 0 Å². The fraction of sp³-hybridized carbons (Fsp3) is 0.343. The summed E-state index contributed by atoms with van der Waals surface area (Å²) >= 11 is 0. The molecule has 0 amide bonds. The lowest BCUT2D eigenvalue weighted by molar-refractivity contribution is 0.0174. The highest BCUT2D eigenvalue weighted by molar-refractivity contribution is 5.63. The molecule has 0 aliphatic carbocycles. The van der Waals surface area contributed by atoms with E-state index in [1.165, 1.54) is 54.8 Å². The molecule has 7 heteroatoms. The van der Waals surface area contributed by atoms with E-state index in [9.17, 15) is 8.78 Å². The molecule has 226 valence electrons. The zero-order valence-electron chi connectivity index (χ0n) is 25.7. The summed E-state index contributed by atoms with van der Waals surface area (Å²) in [6.45, 7) is 24.1. The molecule has 2 atom stereocenters. The van der Waals surface area contributed by atoms with Crippen molar-refractivity contribution in [3.63, 3.8) is 0 Å². The summed E-state index contributed by atoms with van der Waals surface area (Å²) in [6, 6.07) is 14.9. The van der Waals surface area contributed by atoms with Crippen LogP contribution in [-0.2, 0) is 5.92 Å². The van der Waals surface area contributed by atoms with Crippen molar-refractivity contribution in [1.29, 1.82) is 0 Å². The molecule has 0 saturated carbocycles. The van der Waals surface area contributed by atoms with Crippen molar-refractivity contribution in [2.24, 2.45) is 5.92 Å². The molecule has 5 rings (SSSR count). The second-order valence-electron chi connectivity index (χ2n) is 10.5. The lowest BCUT2D eigenvalue weighted by Gasteiger charge is -2.32. The van der Waals surface area contributed by atoms with Gasteiger partial charge in [0.2, 0.25) is 0 Å². The monoisotopic (exact) mass is 575 g/mol. The number of likely N-dealkylation sites (tertiary alicyclic amines) is 1. The molecule has 0 bridgehead atoms. The molecule has 3 aromatic rings. The Labute approximate surface area is 251 Å². The summed E-state index contributed by atoms with van der Waals surface area (Å²) < 4.78 is 27.5. The first-order valence-electron chi connectivity index (χ1n) is 14.3. The van der Waals surface area contributed by atoms with Crippen molar-refractivity contribution in [2.45, 2.75) is 45.6 Å². The number of aromatic nitrogens is 2. The smallest absolute Gasteiger partial charge is 0.270 e. The van der Waals surface area contributed by atoms with E-state index >= 15 is 0 Å². The average molecular weight is 576 g/mol. The Morgan fingerprint density at radius 2 is 1.79 bits per heavy atom.